The highest BCUT2D eigenvalue weighted by Crippen LogP contribution is 1.99. The van der Waals surface area contributed by atoms with Crippen molar-refractivity contribution in [1.29, 1.82) is 0 Å². The van der Waals surface area contributed by atoms with Gasteiger partial charge in [-0.25, -0.2) is 0 Å². The van der Waals surface area contributed by atoms with Crippen LogP contribution >= 0.6 is 0 Å². The SMILES string of the molecule is CC(C)(N)CNC(=O)CCc1ccccn1. The van der Waals surface area contributed by atoms with Gasteiger partial charge in [-0.1, -0.05) is 6.07 Å². The zero-order chi connectivity index (χ0) is 12.0. The number of pyridine rings is 1. The smallest absolute Gasteiger partial charge is 0.220 e. The van der Waals surface area contributed by atoms with E-state index < -0.39 is 0 Å². The highest BCUT2D eigenvalue weighted by molar-refractivity contribution is 5.76. The van der Waals surface area contributed by atoms with E-state index >= 15 is 0 Å². The molecule has 0 fully saturated rings. The summed E-state index contributed by atoms with van der Waals surface area (Å²) in [6.07, 6.45) is 2.85. The number of nitrogens with two attached hydrogens (primary N) is 1. The fraction of sp³-hybridized carbons (Fsp3) is 0.500. The fourth-order valence-electron chi connectivity index (χ4n) is 1.20. The lowest BCUT2D eigenvalue weighted by Crippen LogP contribution is -2.45. The van der Waals surface area contributed by atoms with Crippen LogP contribution in [0.4, 0.5) is 0 Å². The predicted octanol–water partition coefficient (Wildman–Crippen LogP) is 0.868. The topological polar surface area (TPSA) is 68.0 Å². The summed E-state index contributed by atoms with van der Waals surface area (Å²) < 4.78 is 0. The fourth-order valence-corrected chi connectivity index (χ4v) is 1.20. The van der Waals surface area contributed by atoms with Crippen LogP contribution in [0.5, 0.6) is 0 Å². The predicted molar refractivity (Wildman–Crippen MR) is 63.8 cm³/mol. The minimum absolute atomic E-state index is 0.0178. The van der Waals surface area contributed by atoms with Gasteiger partial charge in [0.2, 0.25) is 5.91 Å². The minimum Gasteiger partial charge on any atom is -0.354 e. The van der Waals surface area contributed by atoms with E-state index in [2.05, 4.69) is 10.3 Å². The summed E-state index contributed by atoms with van der Waals surface area (Å²) in [4.78, 5) is 15.6. The first-order valence-corrected chi connectivity index (χ1v) is 5.43. The molecule has 1 aromatic rings. The van der Waals surface area contributed by atoms with Crippen molar-refractivity contribution in [3.8, 4) is 0 Å². The van der Waals surface area contributed by atoms with Crippen LogP contribution in [0.25, 0.3) is 0 Å². The van der Waals surface area contributed by atoms with Crippen molar-refractivity contribution in [3.63, 3.8) is 0 Å². The molecule has 0 aromatic carbocycles. The van der Waals surface area contributed by atoms with Gasteiger partial charge in [-0.3, -0.25) is 9.78 Å². The maximum Gasteiger partial charge on any atom is 0.220 e. The third-order valence-corrected chi connectivity index (χ3v) is 2.08. The van der Waals surface area contributed by atoms with Gasteiger partial charge in [-0.05, 0) is 32.4 Å². The quantitative estimate of drug-likeness (QED) is 0.775. The molecular weight excluding hydrogens is 202 g/mol. The van der Waals surface area contributed by atoms with E-state index in [1.807, 2.05) is 32.0 Å². The number of hydrogen-bond acceptors (Lipinski definition) is 3. The Labute approximate surface area is 96.3 Å². The molecule has 0 aliphatic carbocycles. The van der Waals surface area contributed by atoms with Gasteiger partial charge in [0, 0.05) is 30.4 Å². The number of aromatic nitrogens is 1. The van der Waals surface area contributed by atoms with Crippen LogP contribution in [0.15, 0.2) is 24.4 Å². The number of aryl methyl sites for hydroxylation is 1. The number of nitrogens with zero attached hydrogens (tertiary/aromatic N) is 1. The largest absolute Gasteiger partial charge is 0.354 e. The van der Waals surface area contributed by atoms with Crippen molar-refractivity contribution in [2.45, 2.75) is 32.2 Å². The summed E-state index contributed by atoms with van der Waals surface area (Å²) in [5.41, 5.74) is 6.34. The molecule has 0 saturated carbocycles. The number of hydrogen-bond donors (Lipinski definition) is 2. The van der Waals surface area contributed by atoms with Crippen LogP contribution in [-0.4, -0.2) is 23.0 Å². The van der Waals surface area contributed by atoms with Crippen LogP contribution in [0.3, 0.4) is 0 Å². The van der Waals surface area contributed by atoms with E-state index in [1.165, 1.54) is 0 Å². The van der Waals surface area contributed by atoms with E-state index in [4.69, 9.17) is 5.73 Å². The monoisotopic (exact) mass is 221 g/mol. The van der Waals surface area contributed by atoms with E-state index in [9.17, 15) is 4.79 Å². The normalized spacial score (nSPS) is 11.2. The summed E-state index contributed by atoms with van der Waals surface area (Å²) in [6, 6.07) is 5.70. The van der Waals surface area contributed by atoms with Gasteiger partial charge < -0.3 is 11.1 Å². The molecule has 4 nitrogen and oxygen atoms in total. The molecule has 3 N–H and O–H groups in total. The second-order valence-electron chi connectivity index (χ2n) is 4.59. The number of rotatable bonds is 5. The molecule has 0 spiro atoms. The molecule has 0 atom stereocenters. The van der Waals surface area contributed by atoms with Crippen LogP contribution in [0, 0.1) is 0 Å². The Hall–Kier alpha value is -1.42. The van der Waals surface area contributed by atoms with E-state index in [1.54, 1.807) is 6.20 Å². The number of amides is 1. The Bertz CT molecular complexity index is 330. The van der Waals surface area contributed by atoms with Gasteiger partial charge in [0.25, 0.3) is 0 Å². The van der Waals surface area contributed by atoms with Crippen molar-refractivity contribution < 1.29 is 4.79 Å². The number of nitrogens with one attached hydrogen (secondary N) is 1. The van der Waals surface area contributed by atoms with E-state index in [-0.39, 0.29) is 11.4 Å². The molecular formula is C12H19N3O. The van der Waals surface area contributed by atoms with Crippen molar-refractivity contribution in [2.75, 3.05) is 6.54 Å². The average Bonchev–Trinajstić information content (AvgIpc) is 2.24. The van der Waals surface area contributed by atoms with Crippen molar-refractivity contribution in [1.82, 2.24) is 10.3 Å². The summed E-state index contributed by atoms with van der Waals surface area (Å²) in [7, 11) is 0. The van der Waals surface area contributed by atoms with Crippen molar-refractivity contribution in [3.05, 3.63) is 30.1 Å². The van der Waals surface area contributed by atoms with Gasteiger partial charge in [0.1, 0.15) is 0 Å². The van der Waals surface area contributed by atoms with Gasteiger partial charge >= 0.3 is 0 Å². The Kier molecular flexibility index (Phi) is 4.43. The molecule has 1 aromatic heterocycles. The molecule has 0 unspecified atom stereocenters. The molecule has 0 radical (unpaired) electrons. The van der Waals surface area contributed by atoms with Crippen molar-refractivity contribution in [2.24, 2.45) is 5.73 Å². The lowest BCUT2D eigenvalue weighted by atomic mass is 10.1. The lowest BCUT2D eigenvalue weighted by Gasteiger charge is -2.18. The van der Waals surface area contributed by atoms with Crippen LogP contribution in [0.1, 0.15) is 26.0 Å². The van der Waals surface area contributed by atoms with Gasteiger partial charge in [0.15, 0.2) is 0 Å². The summed E-state index contributed by atoms with van der Waals surface area (Å²) >= 11 is 0. The van der Waals surface area contributed by atoms with Crippen LogP contribution in [0.2, 0.25) is 0 Å². The van der Waals surface area contributed by atoms with E-state index in [0.717, 1.165) is 5.69 Å². The van der Waals surface area contributed by atoms with E-state index in [0.29, 0.717) is 19.4 Å². The Balaban J connectivity index is 2.26. The molecule has 0 bridgehead atoms. The second kappa shape index (κ2) is 5.61. The Morgan fingerprint density at radius 1 is 1.50 bits per heavy atom. The number of carbonyl (C=O) groups excluding carboxylic acids is 1. The van der Waals surface area contributed by atoms with Gasteiger partial charge in [-0.15, -0.1) is 0 Å². The number of carbonyl (C=O) groups is 1. The highest BCUT2D eigenvalue weighted by atomic mass is 16.1. The van der Waals surface area contributed by atoms with Gasteiger partial charge in [0.05, 0.1) is 0 Å². The summed E-state index contributed by atoms with van der Waals surface area (Å²) in [5.74, 6) is 0.0178. The lowest BCUT2D eigenvalue weighted by molar-refractivity contribution is -0.121. The van der Waals surface area contributed by atoms with Crippen LogP contribution in [-0.2, 0) is 11.2 Å². The first kappa shape index (κ1) is 12.6. The maximum atomic E-state index is 11.5. The molecule has 4 heteroatoms. The molecule has 0 aliphatic heterocycles. The third kappa shape index (κ3) is 5.46. The van der Waals surface area contributed by atoms with Gasteiger partial charge in [-0.2, -0.15) is 0 Å². The van der Waals surface area contributed by atoms with Crippen molar-refractivity contribution >= 4 is 5.91 Å². The molecule has 88 valence electrons. The molecule has 1 heterocycles. The second-order valence-corrected chi connectivity index (χ2v) is 4.59. The van der Waals surface area contributed by atoms with Crippen LogP contribution < -0.4 is 11.1 Å². The first-order valence-electron chi connectivity index (χ1n) is 5.43. The third-order valence-electron chi connectivity index (χ3n) is 2.08. The highest BCUT2D eigenvalue weighted by Gasteiger charge is 2.11. The molecule has 0 aliphatic rings. The zero-order valence-corrected chi connectivity index (χ0v) is 9.86. The molecule has 0 saturated heterocycles. The molecule has 1 rings (SSSR count). The maximum absolute atomic E-state index is 11.5. The standard InChI is InChI=1S/C12H19N3O/c1-12(2,13)9-15-11(16)7-6-10-5-3-4-8-14-10/h3-5,8H,6-7,9,13H2,1-2H3,(H,15,16). The molecule has 16 heavy (non-hydrogen) atoms. The summed E-state index contributed by atoms with van der Waals surface area (Å²) in [6.45, 7) is 4.26. The zero-order valence-electron chi connectivity index (χ0n) is 9.86. The Morgan fingerprint density at radius 3 is 2.81 bits per heavy atom. The molecule has 1 amide bonds. The average molecular weight is 221 g/mol. The Morgan fingerprint density at radius 2 is 2.25 bits per heavy atom. The first-order chi connectivity index (χ1) is 7.47. The minimum atomic E-state index is -0.360. The summed E-state index contributed by atoms with van der Waals surface area (Å²) in [5, 5.41) is 2.80.